The molecule has 0 N–H and O–H groups in total. The fraction of sp³-hybridized carbons (Fsp3) is 0.333. The predicted octanol–water partition coefficient (Wildman–Crippen LogP) is 4.17. The zero-order valence-corrected chi connectivity index (χ0v) is 13.5. The predicted molar refractivity (Wildman–Crippen MR) is 84.2 cm³/mol. The Hall–Kier alpha value is -1.40. The molecular formula is C15H16FNO2S2. The van der Waals surface area contributed by atoms with Crippen molar-refractivity contribution < 1.29 is 13.9 Å². The lowest BCUT2D eigenvalue weighted by atomic mass is 10.2. The van der Waals surface area contributed by atoms with Crippen molar-refractivity contribution in [1.82, 2.24) is 4.98 Å². The van der Waals surface area contributed by atoms with Crippen molar-refractivity contribution in [1.29, 1.82) is 0 Å². The van der Waals surface area contributed by atoms with Gasteiger partial charge in [0.2, 0.25) is 0 Å². The van der Waals surface area contributed by atoms with E-state index in [0.29, 0.717) is 22.9 Å². The van der Waals surface area contributed by atoms with E-state index in [1.54, 1.807) is 30.1 Å². The van der Waals surface area contributed by atoms with Crippen LogP contribution in [0.5, 0.6) is 0 Å². The Bertz CT molecular complexity index is 628. The van der Waals surface area contributed by atoms with Crippen LogP contribution in [0.3, 0.4) is 0 Å². The van der Waals surface area contributed by atoms with Crippen LogP contribution in [-0.2, 0) is 16.0 Å². The lowest BCUT2D eigenvalue weighted by molar-refractivity contribution is -0.142. The number of carbonyl (C=O) groups is 1. The molecule has 0 spiro atoms. The summed E-state index contributed by atoms with van der Waals surface area (Å²) >= 11 is 2.92. The minimum absolute atomic E-state index is 0.120. The van der Waals surface area contributed by atoms with Gasteiger partial charge in [0.1, 0.15) is 10.8 Å². The van der Waals surface area contributed by atoms with E-state index in [1.807, 2.05) is 13.0 Å². The summed E-state index contributed by atoms with van der Waals surface area (Å²) in [6.45, 7) is 4.13. The molecule has 6 heteroatoms. The molecule has 0 unspecified atom stereocenters. The van der Waals surface area contributed by atoms with Gasteiger partial charge in [0.25, 0.3) is 0 Å². The van der Waals surface area contributed by atoms with Gasteiger partial charge in [-0.2, -0.15) is 0 Å². The zero-order chi connectivity index (χ0) is 15.2. The van der Waals surface area contributed by atoms with Crippen molar-refractivity contribution >= 4 is 29.1 Å². The number of esters is 1. The summed E-state index contributed by atoms with van der Waals surface area (Å²) in [5.74, 6) is 0.258. The van der Waals surface area contributed by atoms with Crippen molar-refractivity contribution in [3.05, 3.63) is 35.1 Å². The highest BCUT2D eigenvalue weighted by molar-refractivity contribution is 7.99. The Balaban J connectivity index is 2.27. The van der Waals surface area contributed by atoms with E-state index >= 15 is 0 Å². The number of rotatable bonds is 6. The van der Waals surface area contributed by atoms with Crippen molar-refractivity contribution in [3.8, 4) is 10.6 Å². The van der Waals surface area contributed by atoms with E-state index in [4.69, 9.17) is 4.74 Å². The Labute approximate surface area is 131 Å². The molecule has 0 aliphatic carbocycles. The average molecular weight is 325 g/mol. The molecule has 0 saturated carbocycles. The molecule has 2 rings (SSSR count). The van der Waals surface area contributed by atoms with Gasteiger partial charge >= 0.3 is 5.97 Å². The third-order valence-corrected chi connectivity index (χ3v) is 4.52. The van der Waals surface area contributed by atoms with Gasteiger partial charge in [-0.25, -0.2) is 9.37 Å². The normalized spacial score (nSPS) is 10.6. The molecule has 0 aliphatic heterocycles. The molecule has 3 nitrogen and oxygen atoms in total. The summed E-state index contributed by atoms with van der Waals surface area (Å²) < 4.78 is 19.0. The Morgan fingerprint density at radius 2 is 2.24 bits per heavy atom. The molecule has 0 radical (unpaired) electrons. The number of thioether (sulfide) groups is 1. The number of hydrogen-bond acceptors (Lipinski definition) is 5. The molecule has 1 heterocycles. The lowest BCUT2D eigenvalue weighted by Crippen LogP contribution is -2.07. The second-order valence-electron chi connectivity index (χ2n) is 4.17. The maximum absolute atomic E-state index is 14.1. The summed E-state index contributed by atoms with van der Waals surface area (Å²) in [4.78, 5) is 16.7. The zero-order valence-electron chi connectivity index (χ0n) is 11.9. The highest BCUT2D eigenvalue weighted by atomic mass is 32.2. The van der Waals surface area contributed by atoms with Crippen LogP contribution in [0, 0.1) is 5.82 Å². The minimum atomic E-state index is -0.314. The number of thiazole rings is 1. The van der Waals surface area contributed by atoms with Gasteiger partial charge in [-0.05, 0) is 24.8 Å². The van der Waals surface area contributed by atoms with Crippen LogP contribution in [0.2, 0.25) is 0 Å². The summed E-state index contributed by atoms with van der Waals surface area (Å²) in [5, 5.41) is 2.38. The molecule has 112 valence electrons. The molecule has 0 amide bonds. The van der Waals surface area contributed by atoms with Crippen LogP contribution in [0.15, 0.2) is 28.5 Å². The van der Waals surface area contributed by atoms with Crippen molar-refractivity contribution in [2.45, 2.75) is 25.2 Å². The molecule has 21 heavy (non-hydrogen) atoms. The Morgan fingerprint density at radius 1 is 1.43 bits per heavy atom. The average Bonchev–Trinajstić information content (AvgIpc) is 2.87. The number of nitrogens with zero attached hydrogens (tertiary/aromatic N) is 1. The van der Waals surface area contributed by atoms with E-state index in [9.17, 15) is 9.18 Å². The standard InChI is InChI=1S/C15H16FNO2S2/c1-3-19-13(18)8-10-9-21-15(17-10)14-11(16)6-5-7-12(14)20-4-2/h5-7,9H,3-4,8H2,1-2H3. The molecule has 0 fully saturated rings. The van der Waals surface area contributed by atoms with Crippen LogP contribution in [0.1, 0.15) is 19.5 Å². The number of aromatic nitrogens is 1. The largest absolute Gasteiger partial charge is 0.466 e. The van der Waals surface area contributed by atoms with Crippen LogP contribution in [0.25, 0.3) is 10.6 Å². The Morgan fingerprint density at radius 3 is 2.95 bits per heavy atom. The molecule has 1 aromatic carbocycles. The molecule has 0 atom stereocenters. The number of ether oxygens (including phenoxy) is 1. The number of benzene rings is 1. The van der Waals surface area contributed by atoms with E-state index in [0.717, 1.165) is 10.6 Å². The van der Waals surface area contributed by atoms with Gasteiger partial charge in [0, 0.05) is 10.3 Å². The third kappa shape index (κ3) is 4.04. The molecular weight excluding hydrogens is 309 g/mol. The van der Waals surface area contributed by atoms with Crippen molar-refractivity contribution in [2.75, 3.05) is 12.4 Å². The quantitative estimate of drug-likeness (QED) is 0.590. The van der Waals surface area contributed by atoms with E-state index in [-0.39, 0.29) is 18.2 Å². The first kappa shape index (κ1) is 16.0. The van der Waals surface area contributed by atoms with Crippen LogP contribution in [0.4, 0.5) is 4.39 Å². The van der Waals surface area contributed by atoms with Crippen LogP contribution in [-0.4, -0.2) is 23.3 Å². The SMILES string of the molecule is CCOC(=O)Cc1csc(-c2c(F)cccc2SCC)n1. The van der Waals surface area contributed by atoms with Crippen LogP contribution < -0.4 is 0 Å². The molecule has 0 bridgehead atoms. The fourth-order valence-electron chi connectivity index (χ4n) is 1.85. The summed E-state index contributed by atoms with van der Waals surface area (Å²) in [7, 11) is 0. The van der Waals surface area contributed by atoms with E-state index in [2.05, 4.69) is 4.98 Å². The molecule has 0 saturated heterocycles. The monoisotopic (exact) mass is 325 g/mol. The first-order valence-electron chi connectivity index (χ1n) is 6.67. The smallest absolute Gasteiger partial charge is 0.311 e. The van der Waals surface area contributed by atoms with Gasteiger partial charge in [-0.15, -0.1) is 23.1 Å². The number of hydrogen-bond donors (Lipinski definition) is 0. The first-order valence-corrected chi connectivity index (χ1v) is 8.54. The molecule has 2 aromatic rings. The highest BCUT2D eigenvalue weighted by Gasteiger charge is 2.16. The van der Waals surface area contributed by atoms with Gasteiger partial charge in [-0.1, -0.05) is 13.0 Å². The van der Waals surface area contributed by atoms with E-state index in [1.165, 1.54) is 17.4 Å². The highest BCUT2D eigenvalue weighted by Crippen LogP contribution is 2.35. The fourth-order valence-corrected chi connectivity index (χ4v) is 3.62. The van der Waals surface area contributed by atoms with Crippen molar-refractivity contribution in [2.24, 2.45) is 0 Å². The number of carbonyl (C=O) groups excluding carboxylic acids is 1. The van der Waals surface area contributed by atoms with Gasteiger partial charge < -0.3 is 4.74 Å². The summed E-state index contributed by atoms with van der Waals surface area (Å²) in [6, 6.07) is 5.02. The third-order valence-electron chi connectivity index (χ3n) is 2.67. The summed E-state index contributed by atoms with van der Waals surface area (Å²) in [6.07, 6.45) is 0.120. The second-order valence-corrected chi connectivity index (χ2v) is 6.34. The first-order chi connectivity index (χ1) is 10.2. The van der Waals surface area contributed by atoms with Gasteiger partial charge in [0.15, 0.2) is 0 Å². The van der Waals surface area contributed by atoms with E-state index < -0.39 is 0 Å². The Kier molecular flexibility index (Phi) is 5.76. The summed E-state index contributed by atoms with van der Waals surface area (Å²) in [5.41, 5.74) is 1.13. The maximum Gasteiger partial charge on any atom is 0.311 e. The molecule has 0 aliphatic rings. The molecule has 1 aromatic heterocycles. The number of halogens is 1. The second kappa shape index (κ2) is 7.56. The lowest BCUT2D eigenvalue weighted by Gasteiger charge is -2.06. The topological polar surface area (TPSA) is 39.2 Å². The van der Waals surface area contributed by atoms with Crippen molar-refractivity contribution in [3.63, 3.8) is 0 Å². The van der Waals surface area contributed by atoms with Gasteiger partial charge in [0.05, 0.1) is 24.3 Å². The van der Waals surface area contributed by atoms with Crippen LogP contribution >= 0.6 is 23.1 Å². The minimum Gasteiger partial charge on any atom is -0.466 e. The maximum atomic E-state index is 14.1. The van der Waals surface area contributed by atoms with Gasteiger partial charge in [-0.3, -0.25) is 4.79 Å².